The summed E-state index contributed by atoms with van der Waals surface area (Å²) in [6.07, 6.45) is 0.769. The van der Waals surface area contributed by atoms with Crippen molar-refractivity contribution >= 4 is 0 Å². The number of hydrogen-bond donors (Lipinski definition) is 1. The van der Waals surface area contributed by atoms with Crippen LogP contribution in [0.15, 0.2) is 48.5 Å². The largest absolute Gasteiger partial charge is 0.492 e. The Labute approximate surface area is 117 Å². The first-order valence-electron chi connectivity index (χ1n) is 6.35. The molecule has 2 aromatic carbocycles. The molecule has 2 rings (SSSR count). The SMILES string of the molecule is OCC#Cc1cc(F)ccc1OCCc1ccccc1. The topological polar surface area (TPSA) is 29.5 Å². The maximum Gasteiger partial charge on any atom is 0.135 e. The molecule has 0 unspecified atom stereocenters. The Morgan fingerprint density at radius 3 is 2.65 bits per heavy atom. The summed E-state index contributed by atoms with van der Waals surface area (Å²) in [4.78, 5) is 0. The number of benzene rings is 2. The van der Waals surface area contributed by atoms with Gasteiger partial charge in [-0.05, 0) is 23.8 Å². The highest BCUT2D eigenvalue weighted by atomic mass is 19.1. The zero-order valence-corrected chi connectivity index (χ0v) is 11.0. The summed E-state index contributed by atoms with van der Waals surface area (Å²) in [5.74, 6) is 5.34. The minimum atomic E-state index is -0.373. The van der Waals surface area contributed by atoms with Gasteiger partial charge in [-0.2, -0.15) is 0 Å². The molecule has 0 saturated carbocycles. The molecule has 102 valence electrons. The Hall–Kier alpha value is -2.31. The van der Waals surface area contributed by atoms with Crippen LogP contribution in [0, 0.1) is 17.7 Å². The van der Waals surface area contributed by atoms with Crippen LogP contribution in [0.1, 0.15) is 11.1 Å². The van der Waals surface area contributed by atoms with Crippen LogP contribution in [-0.4, -0.2) is 18.3 Å². The molecule has 0 aromatic heterocycles. The number of aliphatic hydroxyl groups excluding tert-OH is 1. The summed E-state index contributed by atoms with van der Waals surface area (Å²) >= 11 is 0. The zero-order valence-electron chi connectivity index (χ0n) is 11.0. The second-order valence-electron chi connectivity index (χ2n) is 4.18. The highest BCUT2D eigenvalue weighted by Crippen LogP contribution is 2.19. The highest BCUT2D eigenvalue weighted by Gasteiger charge is 2.03. The van der Waals surface area contributed by atoms with E-state index in [1.165, 1.54) is 17.7 Å². The fourth-order valence-corrected chi connectivity index (χ4v) is 1.78. The summed E-state index contributed by atoms with van der Waals surface area (Å²) in [5, 5.41) is 8.70. The van der Waals surface area contributed by atoms with Crippen LogP contribution in [0.2, 0.25) is 0 Å². The van der Waals surface area contributed by atoms with Gasteiger partial charge in [0.05, 0.1) is 12.2 Å². The molecular weight excluding hydrogens is 255 g/mol. The van der Waals surface area contributed by atoms with Gasteiger partial charge in [0, 0.05) is 6.42 Å². The first-order chi connectivity index (χ1) is 9.79. The first kappa shape index (κ1) is 14.1. The Morgan fingerprint density at radius 2 is 1.90 bits per heavy atom. The molecule has 1 N–H and O–H groups in total. The third kappa shape index (κ3) is 4.11. The van der Waals surface area contributed by atoms with E-state index in [4.69, 9.17) is 9.84 Å². The molecule has 2 nitrogen and oxygen atoms in total. The van der Waals surface area contributed by atoms with Gasteiger partial charge in [0.1, 0.15) is 18.2 Å². The second kappa shape index (κ2) is 7.32. The maximum atomic E-state index is 13.2. The quantitative estimate of drug-likeness (QED) is 0.866. The summed E-state index contributed by atoms with van der Waals surface area (Å²) < 4.78 is 18.8. The molecule has 0 aliphatic rings. The van der Waals surface area contributed by atoms with Crippen molar-refractivity contribution in [3.05, 3.63) is 65.5 Å². The van der Waals surface area contributed by atoms with Gasteiger partial charge in [0.2, 0.25) is 0 Å². The molecule has 0 radical (unpaired) electrons. The third-order valence-electron chi connectivity index (χ3n) is 2.73. The molecular formula is C17H15FO2. The number of halogens is 1. The van der Waals surface area contributed by atoms with Crippen molar-refractivity contribution in [1.29, 1.82) is 0 Å². The van der Waals surface area contributed by atoms with Gasteiger partial charge in [-0.1, -0.05) is 42.2 Å². The standard InChI is InChI=1S/C17H15FO2/c18-16-8-9-17(15(13-16)7-4-11-19)20-12-10-14-5-2-1-3-6-14/h1-3,5-6,8-9,13,19H,10-12H2. The fraction of sp³-hybridized carbons (Fsp3) is 0.176. The van der Waals surface area contributed by atoms with Crippen LogP contribution in [0.3, 0.4) is 0 Å². The van der Waals surface area contributed by atoms with Gasteiger partial charge in [-0.15, -0.1) is 0 Å². The van der Waals surface area contributed by atoms with Crippen LogP contribution in [0.4, 0.5) is 4.39 Å². The van der Waals surface area contributed by atoms with E-state index in [2.05, 4.69) is 11.8 Å². The molecule has 20 heavy (non-hydrogen) atoms. The van der Waals surface area contributed by atoms with Crippen molar-refractivity contribution in [1.82, 2.24) is 0 Å². The zero-order chi connectivity index (χ0) is 14.2. The molecule has 3 heteroatoms. The van der Waals surface area contributed by atoms with Gasteiger partial charge >= 0.3 is 0 Å². The molecule has 0 amide bonds. The average molecular weight is 270 g/mol. The summed E-state index contributed by atoms with van der Waals surface area (Å²) in [7, 11) is 0. The van der Waals surface area contributed by atoms with Gasteiger partial charge in [-0.3, -0.25) is 0 Å². The molecule has 0 heterocycles. The Kier molecular flexibility index (Phi) is 5.16. The molecule has 0 saturated heterocycles. The average Bonchev–Trinajstić information content (AvgIpc) is 2.48. The lowest BCUT2D eigenvalue weighted by Gasteiger charge is -2.08. The summed E-state index contributed by atoms with van der Waals surface area (Å²) in [6.45, 7) is 0.226. The van der Waals surface area contributed by atoms with E-state index in [1.807, 2.05) is 30.3 Å². The number of aliphatic hydroxyl groups is 1. The van der Waals surface area contributed by atoms with Crippen LogP contribution in [0.25, 0.3) is 0 Å². The lowest BCUT2D eigenvalue weighted by molar-refractivity contribution is 0.320. The van der Waals surface area contributed by atoms with E-state index in [1.54, 1.807) is 6.07 Å². The van der Waals surface area contributed by atoms with Gasteiger partial charge in [0.15, 0.2) is 0 Å². The van der Waals surface area contributed by atoms with Crippen LogP contribution in [-0.2, 0) is 6.42 Å². The van der Waals surface area contributed by atoms with Gasteiger partial charge < -0.3 is 9.84 Å². The molecule has 0 aliphatic heterocycles. The molecule has 0 aliphatic carbocycles. The summed E-state index contributed by atoms with van der Waals surface area (Å²) in [5.41, 5.74) is 1.63. The second-order valence-corrected chi connectivity index (χ2v) is 4.18. The van der Waals surface area contributed by atoms with Crippen molar-refractivity contribution in [2.75, 3.05) is 13.2 Å². The maximum absolute atomic E-state index is 13.2. The number of rotatable bonds is 4. The molecule has 2 aromatic rings. The van der Waals surface area contributed by atoms with Gasteiger partial charge in [-0.25, -0.2) is 4.39 Å². The number of ether oxygens (including phenoxy) is 1. The van der Waals surface area contributed by atoms with E-state index in [0.29, 0.717) is 17.9 Å². The monoisotopic (exact) mass is 270 g/mol. The van der Waals surface area contributed by atoms with E-state index >= 15 is 0 Å². The molecule has 0 fully saturated rings. The van der Waals surface area contributed by atoms with Crippen molar-refractivity contribution in [3.8, 4) is 17.6 Å². The van der Waals surface area contributed by atoms with E-state index < -0.39 is 0 Å². The predicted octanol–water partition coefficient (Wildman–Crippen LogP) is 2.79. The van der Waals surface area contributed by atoms with Crippen LogP contribution >= 0.6 is 0 Å². The fourth-order valence-electron chi connectivity index (χ4n) is 1.78. The molecule has 0 atom stereocenters. The van der Waals surface area contributed by atoms with Crippen LogP contribution in [0.5, 0.6) is 5.75 Å². The Morgan fingerprint density at radius 1 is 1.10 bits per heavy atom. The summed E-state index contributed by atoms with van der Waals surface area (Å²) in [6, 6.07) is 14.2. The number of hydrogen-bond acceptors (Lipinski definition) is 2. The van der Waals surface area contributed by atoms with Gasteiger partial charge in [0.25, 0.3) is 0 Å². The van der Waals surface area contributed by atoms with Crippen molar-refractivity contribution < 1.29 is 14.2 Å². The Bertz CT molecular complexity index is 612. The van der Waals surface area contributed by atoms with Crippen molar-refractivity contribution in [2.24, 2.45) is 0 Å². The predicted molar refractivity (Wildman–Crippen MR) is 76.0 cm³/mol. The lowest BCUT2D eigenvalue weighted by atomic mass is 10.1. The first-order valence-corrected chi connectivity index (χ1v) is 6.35. The minimum Gasteiger partial charge on any atom is -0.492 e. The van der Waals surface area contributed by atoms with E-state index in [0.717, 1.165) is 6.42 Å². The van der Waals surface area contributed by atoms with E-state index in [-0.39, 0.29) is 12.4 Å². The normalized spacial score (nSPS) is 9.70. The lowest BCUT2D eigenvalue weighted by Crippen LogP contribution is -2.02. The van der Waals surface area contributed by atoms with Crippen LogP contribution < -0.4 is 4.74 Å². The van der Waals surface area contributed by atoms with Crippen molar-refractivity contribution in [2.45, 2.75) is 6.42 Å². The highest BCUT2D eigenvalue weighted by molar-refractivity contribution is 5.46. The Balaban J connectivity index is 2.02. The molecule has 0 bridgehead atoms. The van der Waals surface area contributed by atoms with Crippen molar-refractivity contribution in [3.63, 3.8) is 0 Å². The van der Waals surface area contributed by atoms with E-state index in [9.17, 15) is 4.39 Å². The third-order valence-corrected chi connectivity index (χ3v) is 2.73. The minimum absolute atomic E-state index is 0.264. The molecule has 0 spiro atoms. The smallest absolute Gasteiger partial charge is 0.135 e.